The zero-order chi connectivity index (χ0) is 19.2. The lowest BCUT2D eigenvalue weighted by Gasteiger charge is -2.34. The summed E-state index contributed by atoms with van der Waals surface area (Å²) in [4.78, 5) is 23.6. The van der Waals surface area contributed by atoms with Gasteiger partial charge < -0.3 is 4.90 Å². The van der Waals surface area contributed by atoms with Crippen LogP contribution in [0.4, 0.5) is 22.0 Å². The molecule has 1 atom stereocenters. The first kappa shape index (κ1) is 22.5. The molecule has 3 nitrogen and oxygen atoms in total. The van der Waals surface area contributed by atoms with Gasteiger partial charge in [0.2, 0.25) is 5.91 Å². The Morgan fingerprint density at radius 3 is 2.08 bits per heavy atom. The molecule has 0 heterocycles. The number of alkyl halides is 5. The maximum atomic E-state index is 14.5. The van der Waals surface area contributed by atoms with Crippen LogP contribution in [0.25, 0.3) is 0 Å². The zero-order valence-electron chi connectivity index (χ0n) is 14.2. The molecule has 0 saturated carbocycles. The molecule has 0 aliphatic carbocycles. The summed E-state index contributed by atoms with van der Waals surface area (Å²) in [5.74, 6) is -10.1. The molecule has 0 aliphatic rings. The quantitative estimate of drug-likeness (QED) is 0.316. The van der Waals surface area contributed by atoms with Crippen LogP contribution >= 0.6 is 0 Å². The Kier molecular flexibility index (Phi) is 8.05. The Balaban J connectivity index is 5.16. The van der Waals surface area contributed by atoms with Crippen molar-refractivity contribution < 1.29 is 31.5 Å². The van der Waals surface area contributed by atoms with E-state index in [9.17, 15) is 31.5 Å². The summed E-state index contributed by atoms with van der Waals surface area (Å²) in [6.45, 7) is 5.56. The van der Waals surface area contributed by atoms with Gasteiger partial charge in [-0.25, -0.2) is 4.39 Å². The van der Waals surface area contributed by atoms with Gasteiger partial charge in [-0.3, -0.25) is 9.59 Å². The lowest BCUT2D eigenvalue weighted by atomic mass is 9.93. The average molecular weight is 357 g/mol. The van der Waals surface area contributed by atoms with Crippen molar-refractivity contribution in [2.75, 3.05) is 13.1 Å². The minimum atomic E-state index is -4.55. The topological polar surface area (TPSA) is 37.4 Å². The Morgan fingerprint density at radius 2 is 1.67 bits per heavy atom. The van der Waals surface area contributed by atoms with Crippen molar-refractivity contribution in [1.29, 1.82) is 0 Å². The van der Waals surface area contributed by atoms with E-state index in [4.69, 9.17) is 0 Å². The average Bonchev–Trinajstić information content (AvgIpc) is 2.35. The van der Waals surface area contributed by atoms with E-state index in [1.165, 1.54) is 13.0 Å². The van der Waals surface area contributed by atoms with Gasteiger partial charge >= 0.3 is 11.8 Å². The molecule has 1 amide bonds. The number of carbonyl (C=O) groups excluding carboxylic acids is 2. The SMILES string of the molecule is C=CCN(CC(C)(F)CC(F)(F)C(F)(F)CCC)C(=O)CC(C)=O. The molecule has 0 bridgehead atoms. The number of ketones is 1. The van der Waals surface area contributed by atoms with E-state index in [-0.39, 0.29) is 13.0 Å². The second-order valence-electron chi connectivity index (χ2n) is 6.19. The lowest BCUT2D eigenvalue weighted by Crippen LogP contribution is -2.49. The van der Waals surface area contributed by atoms with E-state index in [0.29, 0.717) is 0 Å². The molecule has 0 aromatic rings. The Morgan fingerprint density at radius 1 is 1.12 bits per heavy atom. The third-order valence-electron chi connectivity index (χ3n) is 3.31. The smallest absolute Gasteiger partial charge is 0.313 e. The molecule has 0 spiro atoms. The zero-order valence-corrected chi connectivity index (χ0v) is 14.2. The Labute approximate surface area is 138 Å². The van der Waals surface area contributed by atoms with Crippen molar-refractivity contribution in [3.05, 3.63) is 12.7 Å². The van der Waals surface area contributed by atoms with E-state index >= 15 is 0 Å². The van der Waals surface area contributed by atoms with E-state index < -0.39 is 55.0 Å². The number of nitrogens with zero attached hydrogens (tertiary/aromatic N) is 1. The molecule has 0 rings (SSSR count). The number of hydrogen-bond acceptors (Lipinski definition) is 2. The van der Waals surface area contributed by atoms with Crippen LogP contribution in [-0.2, 0) is 9.59 Å². The summed E-state index contributed by atoms with van der Waals surface area (Å²) in [5.41, 5.74) is -2.75. The fourth-order valence-electron chi connectivity index (χ4n) is 2.28. The minimum Gasteiger partial charge on any atom is -0.335 e. The first-order valence-electron chi connectivity index (χ1n) is 7.60. The van der Waals surface area contributed by atoms with E-state index in [2.05, 4.69) is 6.58 Å². The number of amides is 1. The van der Waals surface area contributed by atoms with Crippen LogP contribution in [0.3, 0.4) is 0 Å². The van der Waals surface area contributed by atoms with E-state index in [0.717, 1.165) is 18.7 Å². The highest BCUT2D eigenvalue weighted by Crippen LogP contribution is 2.43. The molecule has 0 aromatic heterocycles. The van der Waals surface area contributed by atoms with E-state index in [1.54, 1.807) is 0 Å². The van der Waals surface area contributed by atoms with Gasteiger partial charge in [-0.15, -0.1) is 6.58 Å². The number of carbonyl (C=O) groups is 2. The monoisotopic (exact) mass is 357 g/mol. The standard InChI is InChI=1S/C16H24F5NO2/c1-5-7-15(18,19)16(20,21)10-14(4,17)11-22(8-6-2)13(24)9-12(3)23/h6H,2,5,7-11H2,1,3-4H3. The molecule has 0 saturated heterocycles. The largest absolute Gasteiger partial charge is 0.335 e. The van der Waals surface area contributed by atoms with Gasteiger partial charge in [0.05, 0.1) is 19.4 Å². The van der Waals surface area contributed by atoms with Crippen molar-refractivity contribution in [3.8, 4) is 0 Å². The molecule has 0 aromatic carbocycles. The summed E-state index contributed by atoms with van der Waals surface area (Å²) in [5, 5.41) is 0. The molecule has 0 radical (unpaired) electrons. The molecule has 0 fully saturated rings. The predicted molar refractivity (Wildman–Crippen MR) is 81.0 cm³/mol. The fourth-order valence-corrected chi connectivity index (χ4v) is 2.28. The van der Waals surface area contributed by atoms with Gasteiger partial charge in [0.1, 0.15) is 11.5 Å². The summed E-state index contributed by atoms with van der Waals surface area (Å²) >= 11 is 0. The van der Waals surface area contributed by atoms with Crippen LogP contribution in [0.1, 0.15) is 46.5 Å². The number of halogens is 5. The Hall–Kier alpha value is -1.47. The van der Waals surface area contributed by atoms with Crippen LogP contribution in [0.2, 0.25) is 0 Å². The van der Waals surface area contributed by atoms with Crippen LogP contribution in [0.5, 0.6) is 0 Å². The highest BCUT2D eigenvalue weighted by Gasteiger charge is 2.58. The van der Waals surface area contributed by atoms with Crippen LogP contribution < -0.4 is 0 Å². The molecule has 0 N–H and O–H groups in total. The number of hydrogen-bond donors (Lipinski definition) is 0. The predicted octanol–water partition coefficient (Wildman–Crippen LogP) is 4.17. The normalized spacial score (nSPS) is 14.8. The fraction of sp³-hybridized carbons (Fsp3) is 0.750. The highest BCUT2D eigenvalue weighted by atomic mass is 19.3. The van der Waals surface area contributed by atoms with Crippen LogP contribution in [-0.4, -0.2) is 47.2 Å². The van der Waals surface area contributed by atoms with Crippen LogP contribution in [0, 0.1) is 0 Å². The third kappa shape index (κ3) is 6.97. The molecule has 24 heavy (non-hydrogen) atoms. The minimum absolute atomic E-state index is 0.175. The molecule has 1 unspecified atom stereocenters. The van der Waals surface area contributed by atoms with Crippen molar-refractivity contribution in [3.63, 3.8) is 0 Å². The summed E-state index contributed by atoms with van der Waals surface area (Å²) in [6.07, 6.45) is -2.25. The number of rotatable bonds is 11. The Bertz CT molecular complexity index is 463. The van der Waals surface area contributed by atoms with Crippen LogP contribution in [0.15, 0.2) is 12.7 Å². The van der Waals surface area contributed by atoms with Crippen molar-refractivity contribution in [2.45, 2.75) is 64.0 Å². The summed E-state index contributed by atoms with van der Waals surface area (Å²) < 4.78 is 69.0. The van der Waals surface area contributed by atoms with Gasteiger partial charge in [0.15, 0.2) is 0 Å². The summed E-state index contributed by atoms with van der Waals surface area (Å²) in [6, 6.07) is 0. The number of Topliss-reactive ketones (excluding diaryl/α,β-unsaturated/α-hetero) is 1. The third-order valence-corrected chi connectivity index (χ3v) is 3.31. The maximum Gasteiger partial charge on any atom is 0.313 e. The summed E-state index contributed by atoms with van der Waals surface area (Å²) in [7, 11) is 0. The van der Waals surface area contributed by atoms with Gasteiger partial charge in [0.25, 0.3) is 0 Å². The lowest BCUT2D eigenvalue weighted by molar-refractivity contribution is -0.228. The molecule has 0 aliphatic heterocycles. The maximum absolute atomic E-state index is 14.5. The van der Waals surface area contributed by atoms with Crippen molar-refractivity contribution in [1.82, 2.24) is 4.90 Å². The molecular weight excluding hydrogens is 333 g/mol. The van der Waals surface area contributed by atoms with Crippen molar-refractivity contribution in [2.24, 2.45) is 0 Å². The van der Waals surface area contributed by atoms with Gasteiger partial charge in [0, 0.05) is 13.0 Å². The first-order valence-corrected chi connectivity index (χ1v) is 7.60. The molecule has 8 heteroatoms. The second-order valence-corrected chi connectivity index (χ2v) is 6.19. The molecular formula is C16H24F5NO2. The van der Waals surface area contributed by atoms with Crippen molar-refractivity contribution >= 4 is 11.7 Å². The van der Waals surface area contributed by atoms with Gasteiger partial charge in [-0.2, -0.15) is 17.6 Å². The van der Waals surface area contributed by atoms with E-state index in [1.807, 2.05) is 0 Å². The first-order chi connectivity index (χ1) is 10.8. The van der Waals surface area contributed by atoms with Gasteiger partial charge in [-0.05, 0) is 13.8 Å². The van der Waals surface area contributed by atoms with Gasteiger partial charge in [-0.1, -0.05) is 19.4 Å². The second kappa shape index (κ2) is 8.58. The highest BCUT2D eigenvalue weighted by molar-refractivity contribution is 5.96. The molecule has 140 valence electrons.